The number of carbonyl (C=O) groups excluding carboxylic acids is 1. The Bertz CT molecular complexity index is 615. The molecule has 1 unspecified atom stereocenters. The largest absolute Gasteiger partial charge is 0.345 e. The van der Waals surface area contributed by atoms with Crippen molar-refractivity contribution in [2.75, 3.05) is 0 Å². The molecule has 0 aliphatic carbocycles. The molecular formula is C14H22N6O. The van der Waals surface area contributed by atoms with Crippen LogP contribution in [0, 0.1) is 13.8 Å². The van der Waals surface area contributed by atoms with Crippen LogP contribution >= 0.6 is 0 Å². The monoisotopic (exact) mass is 290 g/mol. The topological polar surface area (TPSA) is 77.6 Å². The van der Waals surface area contributed by atoms with E-state index in [1.807, 2.05) is 31.4 Å². The molecule has 0 aliphatic rings. The number of hydrogen-bond donors (Lipinski definition) is 1. The maximum atomic E-state index is 12.1. The Morgan fingerprint density at radius 1 is 1.43 bits per heavy atom. The molecule has 0 aliphatic heterocycles. The van der Waals surface area contributed by atoms with Gasteiger partial charge >= 0.3 is 0 Å². The molecule has 0 aromatic carbocycles. The minimum Gasteiger partial charge on any atom is -0.345 e. The lowest BCUT2D eigenvalue weighted by Gasteiger charge is -2.14. The number of carbonyl (C=O) groups is 1. The van der Waals surface area contributed by atoms with Crippen LogP contribution in [0.3, 0.4) is 0 Å². The van der Waals surface area contributed by atoms with Crippen molar-refractivity contribution >= 4 is 5.91 Å². The highest BCUT2D eigenvalue weighted by atomic mass is 16.2. The molecule has 0 bridgehead atoms. The Morgan fingerprint density at radius 2 is 2.19 bits per heavy atom. The molecule has 2 aromatic heterocycles. The molecule has 0 fully saturated rings. The molecule has 2 heterocycles. The Kier molecular flexibility index (Phi) is 4.72. The molecule has 0 radical (unpaired) electrons. The third-order valence-corrected chi connectivity index (χ3v) is 3.27. The second-order valence-electron chi connectivity index (χ2n) is 5.26. The first kappa shape index (κ1) is 15.2. The smallest absolute Gasteiger partial charge is 0.242 e. The number of amides is 1. The van der Waals surface area contributed by atoms with E-state index in [0.29, 0.717) is 0 Å². The Hall–Kier alpha value is -2.18. The molecule has 1 N–H and O–H groups in total. The molecule has 114 valence electrons. The fourth-order valence-electron chi connectivity index (χ4n) is 2.34. The first-order valence-electron chi connectivity index (χ1n) is 7.19. The van der Waals surface area contributed by atoms with Gasteiger partial charge in [-0.2, -0.15) is 5.10 Å². The molecule has 2 rings (SSSR count). The van der Waals surface area contributed by atoms with Crippen molar-refractivity contribution in [3.05, 3.63) is 29.6 Å². The summed E-state index contributed by atoms with van der Waals surface area (Å²) in [7, 11) is 0. The van der Waals surface area contributed by atoms with Crippen LogP contribution in [0.1, 0.15) is 43.5 Å². The van der Waals surface area contributed by atoms with E-state index < -0.39 is 0 Å². The predicted octanol–water partition coefficient (Wildman–Crippen LogP) is 1.38. The van der Waals surface area contributed by atoms with Crippen LogP contribution in [0.5, 0.6) is 0 Å². The first-order valence-corrected chi connectivity index (χ1v) is 7.19. The maximum Gasteiger partial charge on any atom is 0.242 e. The van der Waals surface area contributed by atoms with E-state index in [1.165, 1.54) is 0 Å². The van der Waals surface area contributed by atoms with Crippen LogP contribution in [0.2, 0.25) is 0 Å². The van der Waals surface area contributed by atoms with Crippen LogP contribution in [0.15, 0.2) is 12.4 Å². The van der Waals surface area contributed by atoms with Crippen molar-refractivity contribution in [1.29, 1.82) is 0 Å². The zero-order chi connectivity index (χ0) is 15.4. The summed E-state index contributed by atoms with van der Waals surface area (Å²) in [5.74, 6) is 0.693. The van der Waals surface area contributed by atoms with E-state index in [0.717, 1.165) is 30.2 Å². The van der Waals surface area contributed by atoms with Crippen LogP contribution in [0.4, 0.5) is 0 Å². The van der Waals surface area contributed by atoms with Gasteiger partial charge in [0.15, 0.2) is 5.82 Å². The Labute approximate surface area is 124 Å². The average Bonchev–Trinajstić information content (AvgIpc) is 2.97. The lowest BCUT2D eigenvalue weighted by Crippen LogP contribution is -2.32. The number of nitrogens with one attached hydrogen (secondary N) is 1. The van der Waals surface area contributed by atoms with Crippen molar-refractivity contribution in [2.45, 2.75) is 53.2 Å². The summed E-state index contributed by atoms with van der Waals surface area (Å²) in [5.41, 5.74) is 1.89. The highest BCUT2D eigenvalue weighted by Gasteiger charge is 2.16. The Morgan fingerprint density at radius 3 is 2.81 bits per heavy atom. The zero-order valence-electron chi connectivity index (χ0n) is 13.0. The van der Waals surface area contributed by atoms with Gasteiger partial charge in [-0.3, -0.25) is 9.48 Å². The molecule has 7 heteroatoms. The molecule has 1 amide bonds. The number of rotatable bonds is 6. The summed E-state index contributed by atoms with van der Waals surface area (Å²) in [6, 6.07) is 1.78. The average molecular weight is 290 g/mol. The fourth-order valence-corrected chi connectivity index (χ4v) is 2.34. The number of aromatic nitrogens is 5. The fraction of sp³-hybridized carbons (Fsp3) is 0.571. The highest BCUT2D eigenvalue weighted by molar-refractivity contribution is 5.76. The second-order valence-corrected chi connectivity index (χ2v) is 5.26. The lowest BCUT2D eigenvalue weighted by molar-refractivity contribution is -0.122. The molecule has 7 nitrogen and oxygen atoms in total. The molecule has 1 atom stereocenters. The maximum absolute atomic E-state index is 12.1. The van der Waals surface area contributed by atoms with Crippen molar-refractivity contribution in [3.63, 3.8) is 0 Å². The zero-order valence-corrected chi connectivity index (χ0v) is 13.0. The van der Waals surface area contributed by atoms with Gasteiger partial charge in [-0.05, 0) is 33.3 Å². The quantitative estimate of drug-likeness (QED) is 0.872. The third-order valence-electron chi connectivity index (χ3n) is 3.27. The minimum absolute atomic E-state index is 0.0836. The minimum atomic E-state index is -0.177. The summed E-state index contributed by atoms with van der Waals surface area (Å²) in [5, 5.41) is 15.2. The second kappa shape index (κ2) is 6.51. The number of aryl methyl sites for hydroxylation is 3. The van der Waals surface area contributed by atoms with Gasteiger partial charge in [0.25, 0.3) is 0 Å². The lowest BCUT2D eigenvalue weighted by atomic mass is 10.3. The van der Waals surface area contributed by atoms with Crippen LogP contribution in [-0.2, 0) is 17.9 Å². The SMILES string of the molecule is CCCn1cnnc1C(C)NC(=O)Cn1nc(C)cc1C. The molecule has 0 saturated heterocycles. The molecule has 0 spiro atoms. The van der Waals surface area contributed by atoms with Gasteiger partial charge < -0.3 is 9.88 Å². The summed E-state index contributed by atoms with van der Waals surface area (Å²) in [6.45, 7) is 8.92. The summed E-state index contributed by atoms with van der Waals surface area (Å²) < 4.78 is 3.67. The van der Waals surface area contributed by atoms with Gasteiger partial charge in [-0.15, -0.1) is 10.2 Å². The number of nitrogens with zero attached hydrogens (tertiary/aromatic N) is 5. The molecular weight excluding hydrogens is 268 g/mol. The van der Waals surface area contributed by atoms with E-state index in [2.05, 4.69) is 27.5 Å². The standard InChI is InChI=1S/C14H22N6O/c1-5-6-19-9-15-17-14(19)12(4)16-13(21)8-20-11(3)7-10(2)18-20/h7,9,12H,5-6,8H2,1-4H3,(H,16,21). The first-order chi connectivity index (χ1) is 10.0. The number of hydrogen-bond acceptors (Lipinski definition) is 4. The Balaban J connectivity index is 1.98. The normalized spacial score (nSPS) is 12.4. The van der Waals surface area contributed by atoms with E-state index in [-0.39, 0.29) is 18.5 Å². The molecule has 2 aromatic rings. The van der Waals surface area contributed by atoms with E-state index >= 15 is 0 Å². The van der Waals surface area contributed by atoms with E-state index in [9.17, 15) is 4.79 Å². The van der Waals surface area contributed by atoms with Crippen molar-refractivity contribution in [3.8, 4) is 0 Å². The summed E-state index contributed by atoms with van der Waals surface area (Å²) in [4.78, 5) is 12.1. The molecule has 21 heavy (non-hydrogen) atoms. The van der Waals surface area contributed by atoms with Gasteiger partial charge in [0, 0.05) is 12.2 Å². The predicted molar refractivity (Wildman–Crippen MR) is 78.6 cm³/mol. The van der Waals surface area contributed by atoms with Gasteiger partial charge in [-0.25, -0.2) is 0 Å². The molecule has 0 saturated carbocycles. The highest BCUT2D eigenvalue weighted by Crippen LogP contribution is 2.09. The van der Waals surface area contributed by atoms with Gasteiger partial charge in [0.1, 0.15) is 12.9 Å². The van der Waals surface area contributed by atoms with Crippen molar-refractivity contribution < 1.29 is 4.79 Å². The van der Waals surface area contributed by atoms with Crippen molar-refractivity contribution in [2.24, 2.45) is 0 Å². The van der Waals surface area contributed by atoms with E-state index in [4.69, 9.17) is 0 Å². The van der Waals surface area contributed by atoms with Crippen LogP contribution in [-0.4, -0.2) is 30.5 Å². The van der Waals surface area contributed by atoms with Gasteiger partial charge in [-0.1, -0.05) is 6.92 Å². The van der Waals surface area contributed by atoms with Gasteiger partial charge in [0.2, 0.25) is 5.91 Å². The summed E-state index contributed by atoms with van der Waals surface area (Å²) in [6.07, 6.45) is 2.69. The van der Waals surface area contributed by atoms with Gasteiger partial charge in [0.05, 0.1) is 11.7 Å². The van der Waals surface area contributed by atoms with Crippen molar-refractivity contribution in [1.82, 2.24) is 29.9 Å². The van der Waals surface area contributed by atoms with E-state index in [1.54, 1.807) is 11.0 Å². The van der Waals surface area contributed by atoms with Crippen LogP contribution < -0.4 is 5.32 Å². The van der Waals surface area contributed by atoms with Crippen LogP contribution in [0.25, 0.3) is 0 Å². The summed E-state index contributed by atoms with van der Waals surface area (Å²) >= 11 is 0. The third kappa shape index (κ3) is 3.68.